The van der Waals surface area contributed by atoms with Gasteiger partial charge < -0.3 is 10.2 Å². The second kappa shape index (κ2) is 8.59. The first-order valence-electron chi connectivity index (χ1n) is 7.79. The van der Waals surface area contributed by atoms with Crippen LogP contribution in [0, 0.1) is 17.0 Å². The Morgan fingerprint density at radius 2 is 1.73 bits per heavy atom. The number of aryl methyl sites for hydroxylation is 1. The SMILES string of the molecule is Cc1nn(-c2ccc(S(=O)(=O)O)cc2)c([O-])c1N=Nc1cc([N+](=O)[O-])ccc1[O-].[Cu+2]. The van der Waals surface area contributed by atoms with Crippen molar-refractivity contribution in [2.75, 3.05) is 0 Å². The van der Waals surface area contributed by atoms with Crippen molar-refractivity contribution in [2.24, 2.45) is 10.2 Å². The normalized spacial score (nSPS) is 11.4. The van der Waals surface area contributed by atoms with Gasteiger partial charge in [0.15, 0.2) is 0 Å². The number of nitro benzene ring substituents is 1. The van der Waals surface area contributed by atoms with Gasteiger partial charge in [0.2, 0.25) is 0 Å². The summed E-state index contributed by atoms with van der Waals surface area (Å²) in [6.45, 7) is 1.46. The molecule has 3 rings (SSSR count). The zero-order valence-electron chi connectivity index (χ0n) is 14.9. The predicted molar refractivity (Wildman–Crippen MR) is 94.3 cm³/mol. The zero-order chi connectivity index (χ0) is 21.3. The topological polar surface area (TPSA) is 186 Å². The van der Waals surface area contributed by atoms with Gasteiger partial charge in [0.25, 0.3) is 15.8 Å². The van der Waals surface area contributed by atoms with E-state index in [4.69, 9.17) is 4.55 Å². The molecule has 0 atom stereocenters. The van der Waals surface area contributed by atoms with Crippen LogP contribution in [0.5, 0.6) is 11.6 Å². The maximum atomic E-state index is 12.5. The molecule has 0 bridgehead atoms. The number of aromatic nitrogens is 2. The molecular formula is C16H11CuN5O7S. The third-order valence-corrected chi connectivity index (χ3v) is 4.65. The quantitative estimate of drug-likeness (QED) is 0.188. The number of benzene rings is 2. The Morgan fingerprint density at radius 3 is 2.30 bits per heavy atom. The van der Waals surface area contributed by atoms with Gasteiger partial charge in [-0.15, -0.1) is 5.11 Å². The molecule has 30 heavy (non-hydrogen) atoms. The molecule has 14 heteroatoms. The molecule has 1 aromatic heterocycles. The summed E-state index contributed by atoms with van der Waals surface area (Å²) in [6.07, 6.45) is 0. The molecule has 0 saturated heterocycles. The van der Waals surface area contributed by atoms with Gasteiger partial charge in [0.05, 0.1) is 26.9 Å². The second-order valence-electron chi connectivity index (χ2n) is 5.73. The Hall–Kier alpha value is -3.32. The zero-order valence-corrected chi connectivity index (χ0v) is 16.6. The van der Waals surface area contributed by atoms with Crippen molar-refractivity contribution in [3.63, 3.8) is 0 Å². The minimum atomic E-state index is -4.39. The van der Waals surface area contributed by atoms with Gasteiger partial charge in [-0.3, -0.25) is 14.7 Å². The van der Waals surface area contributed by atoms with E-state index in [1.807, 2.05) is 0 Å². The van der Waals surface area contributed by atoms with E-state index in [1.54, 1.807) is 0 Å². The summed E-state index contributed by atoms with van der Waals surface area (Å²) >= 11 is 0. The molecule has 3 aromatic rings. The summed E-state index contributed by atoms with van der Waals surface area (Å²) in [6, 6.07) is 7.63. The predicted octanol–water partition coefficient (Wildman–Crippen LogP) is 1.90. The van der Waals surface area contributed by atoms with Gasteiger partial charge in [0, 0.05) is 18.0 Å². The molecule has 0 fully saturated rings. The van der Waals surface area contributed by atoms with E-state index in [1.165, 1.54) is 19.1 Å². The Morgan fingerprint density at radius 1 is 1.10 bits per heavy atom. The molecule has 0 unspecified atom stereocenters. The molecule has 1 heterocycles. The monoisotopic (exact) mass is 480 g/mol. The summed E-state index contributed by atoms with van der Waals surface area (Å²) in [5, 5.41) is 46.5. The average molecular weight is 481 g/mol. The van der Waals surface area contributed by atoms with Crippen LogP contribution in [0.1, 0.15) is 5.69 Å². The summed E-state index contributed by atoms with van der Waals surface area (Å²) in [7, 11) is -4.39. The van der Waals surface area contributed by atoms with Crippen LogP contribution in [0.4, 0.5) is 17.1 Å². The first-order valence-corrected chi connectivity index (χ1v) is 9.23. The van der Waals surface area contributed by atoms with Crippen molar-refractivity contribution in [1.82, 2.24) is 9.78 Å². The van der Waals surface area contributed by atoms with E-state index < -0.39 is 26.7 Å². The second-order valence-corrected chi connectivity index (χ2v) is 7.15. The number of hydrogen-bond donors (Lipinski definition) is 1. The van der Waals surface area contributed by atoms with Crippen LogP contribution in [0.2, 0.25) is 0 Å². The fourth-order valence-corrected chi connectivity index (χ4v) is 2.83. The molecule has 159 valence electrons. The van der Waals surface area contributed by atoms with Crippen molar-refractivity contribution in [1.29, 1.82) is 0 Å². The third kappa shape index (κ3) is 4.63. The van der Waals surface area contributed by atoms with E-state index in [0.29, 0.717) is 0 Å². The van der Waals surface area contributed by atoms with Gasteiger partial charge in [-0.05, 0) is 31.2 Å². The Bertz CT molecular complexity index is 1240. The van der Waals surface area contributed by atoms with Crippen LogP contribution in [0.15, 0.2) is 57.6 Å². The molecule has 2 aromatic carbocycles. The molecular weight excluding hydrogens is 470 g/mol. The van der Waals surface area contributed by atoms with E-state index in [2.05, 4.69) is 15.3 Å². The van der Waals surface area contributed by atoms with Gasteiger partial charge in [-0.1, -0.05) is 11.8 Å². The maximum absolute atomic E-state index is 12.5. The standard InChI is InChI=1S/C16H13N5O7S.Cu/c1-9-15(18-17-13-8-11(21(24)25)4-7-14(13)22)16(23)20(19-9)10-2-5-12(6-3-10)29(26,27)28;/h2-8,22-23H,1H3,(H,26,27,28);/q;+2/p-2. The third-order valence-electron chi connectivity index (χ3n) is 3.78. The molecule has 0 aliphatic rings. The van der Waals surface area contributed by atoms with Crippen molar-refractivity contribution in [3.8, 4) is 17.3 Å². The number of nitrogens with zero attached hydrogens (tertiary/aromatic N) is 5. The maximum Gasteiger partial charge on any atom is 2.00 e. The largest absolute Gasteiger partial charge is 2.00 e. The smallest absolute Gasteiger partial charge is 0.871 e. The average Bonchev–Trinajstić information content (AvgIpc) is 2.94. The van der Waals surface area contributed by atoms with Crippen LogP contribution in [-0.2, 0) is 27.2 Å². The van der Waals surface area contributed by atoms with E-state index >= 15 is 0 Å². The molecule has 12 nitrogen and oxygen atoms in total. The van der Waals surface area contributed by atoms with Crippen molar-refractivity contribution in [3.05, 3.63) is 58.3 Å². The van der Waals surface area contributed by atoms with Gasteiger partial charge in [-0.2, -0.15) is 18.6 Å². The Labute approximate surface area is 179 Å². The minimum absolute atomic E-state index is 0. The van der Waals surface area contributed by atoms with Crippen LogP contribution >= 0.6 is 0 Å². The molecule has 0 amide bonds. The molecule has 0 saturated carbocycles. The van der Waals surface area contributed by atoms with Crippen molar-refractivity contribution >= 4 is 27.2 Å². The molecule has 0 aliphatic carbocycles. The van der Waals surface area contributed by atoms with Gasteiger partial charge >= 0.3 is 17.1 Å². The van der Waals surface area contributed by atoms with Crippen LogP contribution in [-0.4, -0.2) is 27.7 Å². The summed E-state index contributed by atoms with van der Waals surface area (Å²) in [4.78, 5) is 9.75. The fraction of sp³-hybridized carbons (Fsp3) is 0.0625. The summed E-state index contributed by atoms with van der Waals surface area (Å²) in [5.74, 6) is -1.32. The number of nitro groups is 1. The van der Waals surface area contributed by atoms with Crippen molar-refractivity contribution in [2.45, 2.75) is 11.8 Å². The molecule has 0 spiro atoms. The summed E-state index contributed by atoms with van der Waals surface area (Å²) in [5.41, 5.74) is -0.507. The van der Waals surface area contributed by atoms with Crippen molar-refractivity contribution < 1.29 is 45.2 Å². The van der Waals surface area contributed by atoms with Crippen LogP contribution in [0.25, 0.3) is 5.69 Å². The van der Waals surface area contributed by atoms with Crippen LogP contribution in [0.3, 0.4) is 0 Å². The van der Waals surface area contributed by atoms with Gasteiger partial charge in [-0.25, -0.2) is 4.68 Å². The fourth-order valence-electron chi connectivity index (χ4n) is 2.35. The Balaban J connectivity index is 0.00000320. The number of azo groups is 1. The number of hydrogen-bond acceptors (Lipinski definition) is 9. The molecule has 1 N–H and O–H groups in total. The molecule has 1 radical (unpaired) electrons. The first kappa shape index (κ1) is 23.0. The Kier molecular flexibility index (Phi) is 6.57. The van der Waals surface area contributed by atoms with Gasteiger partial charge in [0.1, 0.15) is 5.69 Å². The minimum Gasteiger partial charge on any atom is -0.871 e. The van der Waals surface area contributed by atoms with Crippen LogP contribution < -0.4 is 10.2 Å². The van der Waals surface area contributed by atoms with E-state index in [-0.39, 0.29) is 50.4 Å². The molecule has 0 aliphatic heterocycles. The first-order chi connectivity index (χ1) is 13.6. The van der Waals surface area contributed by atoms with E-state index in [9.17, 15) is 28.7 Å². The number of rotatable bonds is 5. The van der Waals surface area contributed by atoms with E-state index in [0.717, 1.165) is 35.0 Å². The number of non-ortho nitro benzene ring substituents is 1. The summed E-state index contributed by atoms with van der Waals surface area (Å²) < 4.78 is 32.1.